The molecule has 3 N–H and O–H groups in total. The average molecular weight is 229 g/mol. The predicted octanol–water partition coefficient (Wildman–Crippen LogP) is 0.278. The van der Waals surface area contributed by atoms with Crippen LogP contribution in [0.15, 0.2) is 0 Å². The van der Waals surface area contributed by atoms with E-state index in [0.717, 1.165) is 19.4 Å². The first kappa shape index (κ1) is 12.3. The molecule has 0 aromatic carbocycles. The van der Waals surface area contributed by atoms with E-state index in [9.17, 15) is 10.2 Å². The molecule has 0 radical (unpaired) electrons. The molecule has 0 spiro atoms. The highest BCUT2D eigenvalue weighted by molar-refractivity contribution is 5.07. The lowest BCUT2D eigenvalue weighted by molar-refractivity contribution is -0.120. The number of rotatable bonds is 2. The molecule has 2 fully saturated rings. The van der Waals surface area contributed by atoms with Gasteiger partial charge in [0.2, 0.25) is 0 Å². The highest BCUT2D eigenvalue weighted by atomic mass is 16.5. The van der Waals surface area contributed by atoms with Gasteiger partial charge in [0.1, 0.15) is 0 Å². The van der Waals surface area contributed by atoms with E-state index in [-0.39, 0.29) is 12.2 Å². The number of aliphatic hydroxyl groups is 2. The number of hydrogen-bond acceptors (Lipinski definition) is 4. The molecular formula is C12H23NO3. The summed E-state index contributed by atoms with van der Waals surface area (Å²) >= 11 is 0. The van der Waals surface area contributed by atoms with Gasteiger partial charge in [0.25, 0.3) is 0 Å². The van der Waals surface area contributed by atoms with E-state index in [2.05, 4.69) is 5.32 Å². The van der Waals surface area contributed by atoms with Gasteiger partial charge >= 0.3 is 0 Å². The van der Waals surface area contributed by atoms with E-state index < -0.39 is 11.0 Å². The molecule has 2 heterocycles. The first-order chi connectivity index (χ1) is 7.43. The lowest BCUT2D eigenvalue weighted by Crippen LogP contribution is -2.59. The molecule has 2 unspecified atom stereocenters. The number of piperidine rings is 1. The van der Waals surface area contributed by atoms with Crippen LogP contribution in [0.3, 0.4) is 0 Å². The summed E-state index contributed by atoms with van der Waals surface area (Å²) in [6, 6.07) is 0. The highest BCUT2D eigenvalue weighted by Crippen LogP contribution is 2.47. The molecule has 4 heteroatoms. The van der Waals surface area contributed by atoms with Crippen molar-refractivity contribution in [1.82, 2.24) is 5.32 Å². The Morgan fingerprint density at radius 3 is 2.56 bits per heavy atom. The maximum Gasteiger partial charge on any atom is 0.0997 e. The van der Waals surface area contributed by atoms with Gasteiger partial charge < -0.3 is 20.3 Å². The molecule has 2 saturated heterocycles. The number of hydrogen-bond donors (Lipinski definition) is 3. The lowest BCUT2D eigenvalue weighted by atomic mass is 9.66. The summed E-state index contributed by atoms with van der Waals surface area (Å²) in [4.78, 5) is 0. The van der Waals surface area contributed by atoms with E-state index in [4.69, 9.17) is 4.74 Å². The summed E-state index contributed by atoms with van der Waals surface area (Å²) in [6.45, 7) is 6.00. The van der Waals surface area contributed by atoms with Crippen LogP contribution in [0.5, 0.6) is 0 Å². The fourth-order valence-electron chi connectivity index (χ4n) is 3.11. The molecule has 0 saturated carbocycles. The molecule has 2 aliphatic heterocycles. The molecule has 2 atom stereocenters. The molecule has 2 aliphatic rings. The molecule has 0 amide bonds. The summed E-state index contributed by atoms with van der Waals surface area (Å²) in [5, 5.41) is 23.7. The molecule has 0 aliphatic carbocycles. The fraction of sp³-hybridized carbons (Fsp3) is 1.00. The van der Waals surface area contributed by atoms with Gasteiger partial charge in [-0.05, 0) is 33.2 Å². The number of aliphatic hydroxyl groups excluding tert-OH is 1. The zero-order valence-corrected chi connectivity index (χ0v) is 10.3. The highest BCUT2D eigenvalue weighted by Gasteiger charge is 2.56. The minimum absolute atomic E-state index is 0.0237. The molecule has 0 bridgehead atoms. The lowest BCUT2D eigenvalue weighted by Gasteiger charge is -2.46. The second-order valence-corrected chi connectivity index (χ2v) is 5.98. The van der Waals surface area contributed by atoms with Gasteiger partial charge in [0, 0.05) is 18.4 Å². The topological polar surface area (TPSA) is 61.7 Å². The van der Waals surface area contributed by atoms with Crippen molar-refractivity contribution in [1.29, 1.82) is 0 Å². The Balaban J connectivity index is 2.20. The molecule has 2 rings (SSSR count). The Hall–Kier alpha value is -0.160. The zero-order valence-electron chi connectivity index (χ0n) is 10.3. The molecule has 0 aromatic rings. The maximum absolute atomic E-state index is 10.8. The van der Waals surface area contributed by atoms with Gasteiger partial charge in [-0.2, -0.15) is 0 Å². The van der Waals surface area contributed by atoms with Gasteiger partial charge in [-0.15, -0.1) is 0 Å². The van der Waals surface area contributed by atoms with E-state index in [0.29, 0.717) is 19.6 Å². The maximum atomic E-state index is 10.8. The third-order valence-electron chi connectivity index (χ3n) is 4.18. The Bertz CT molecular complexity index is 261. The Kier molecular flexibility index (Phi) is 3.03. The summed E-state index contributed by atoms with van der Waals surface area (Å²) < 4.78 is 5.65. The van der Waals surface area contributed by atoms with Gasteiger partial charge in [0.15, 0.2) is 0 Å². The van der Waals surface area contributed by atoms with Crippen molar-refractivity contribution in [2.45, 2.75) is 44.3 Å². The number of ether oxygens (including phenoxy) is 1. The Labute approximate surface area is 97.0 Å². The van der Waals surface area contributed by atoms with Crippen LogP contribution >= 0.6 is 0 Å². The second-order valence-electron chi connectivity index (χ2n) is 5.98. The quantitative estimate of drug-likeness (QED) is 0.636. The van der Waals surface area contributed by atoms with Crippen molar-refractivity contribution < 1.29 is 14.9 Å². The van der Waals surface area contributed by atoms with Crippen molar-refractivity contribution in [3.8, 4) is 0 Å². The number of nitrogens with one attached hydrogen (secondary N) is 1. The SMILES string of the molecule is CC1(C)CC(O)(C2(CO)CCCNC2)CO1. The van der Waals surface area contributed by atoms with Crippen LogP contribution in [0.2, 0.25) is 0 Å². The van der Waals surface area contributed by atoms with E-state index in [1.165, 1.54) is 0 Å². The van der Waals surface area contributed by atoms with Gasteiger partial charge in [-0.25, -0.2) is 0 Å². The standard InChI is InChI=1S/C12H23NO3/c1-10(2)6-12(15,9-16-10)11(8-14)4-3-5-13-7-11/h13-15H,3-9H2,1-2H3. The summed E-state index contributed by atoms with van der Waals surface area (Å²) in [5.74, 6) is 0. The first-order valence-corrected chi connectivity index (χ1v) is 6.11. The molecule has 4 nitrogen and oxygen atoms in total. The van der Waals surface area contributed by atoms with Gasteiger partial charge in [-0.1, -0.05) is 0 Å². The molecule has 16 heavy (non-hydrogen) atoms. The largest absolute Gasteiger partial charge is 0.396 e. The summed E-state index contributed by atoms with van der Waals surface area (Å²) in [7, 11) is 0. The van der Waals surface area contributed by atoms with Crippen LogP contribution in [0.25, 0.3) is 0 Å². The molecule has 94 valence electrons. The normalized spacial score (nSPS) is 43.5. The van der Waals surface area contributed by atoms with Gasteiger partial charge in [0.05, 0.1) is 24.4 Å². The predicted molar refractivity (Wildman–Crippen MR) is 61.2 cm³/mol. The van der Waals surface area contributed by atoms with Crippen LogP contribution in [0.4, 0.5) is 0 Å². The minimum atomic E-state index is -0.890. The van der Waals surface area contributed by atoms with Crippen LogP contribution in [-0.4, -0.2) is 47.7 Å². The monoisotopic (exact) mass is 229 g/mol. The van der Waals surface area contributed by atoms with Crippen molar-refractivity contribution in [3.63, 3.8) is 0 Å². The average Bonchev–Trinajstić information content (AvgIpc) is 2.55. The fourth-order valence-corrected chi connectivity index (χ4v) is 3.11. The third-order valence-corrected chi connectivity index (χ3v) is 4.18. The first-order valence-electron chi connectivity index (χ1n) is 6.11. The Morgan fingerprint density at radius 1 is 1.38 bits per heavy atom. The van der Waals surface area contributed by atoms with Crippen molar-refractivity contribution in [2.24, 2.45) is 5.41 Å². The summed E-state index contributed by atoms with van der Waals surface area (Å²) in [5.41, 5.74) is -1.61. The van der Waals surface area contributed by atoms with Crippen molar-refractivity contribution >= 4 is 0 Å². The van der Waals surface area contributed by atoms with Crippen molar-refractivity contribution in [2.75, 3.05) is 26.3 Å². The van der Waals surface area contributed by atoms with E-state index >= 15 is 0 Å². The summed E-state index contributed by atoms with van der Waals surface area (Å²) in [6.07, 6.45) is 2.47. The van der Waals surface area contributed by atoms with Crippen LogP contribution < -0.4 is 5.32 Å². The molecule has 0 aromatic heterocycles. The second kappa shape index (κ2) is 3.95. The smallest absolute Gasteiger partial charge is 0.0997 e. The van der Waals surface area contributed by atoms with Crippen LogP contribution in [0.1, 0.15) is 33.1 Å². The van der Waals surface area contributed by atoms with E-state index in [1.54, 1.807) is 0 Å². The van der Waals surface area contributed by atoms with Crippen molar-refractivity contribution in [3.05, 3.63) is 0 Å². The zero-order chi connectivity index (χ0) is 11.9. The Morgan fingerprint density at radius 2 is 2.12 bits per heavy atom. The van der Waals surface area contributed by atoms with E-state index in [1.807, 2.05) is 13.8 Å². The molecular weight excluding hydrogens is 206 g/mol. The van der Waals surface area contributed by atoms with Crippen LogP contribution in [-0.2, 0) is 4.74 Å². The van der Waals surface area contributed by atoms with Crippen LogP contribution in [0, 0.1) is 5.41 Å². The third kappa shape index (κ3) is 1.88. The van der Waals surface area contributed by atoms with Gasteiger partial charge in [-0.3, -0.25) is 0 Å². The minimum Gasteiger partial charge on any atom is -0.396 e.